The molecule has 0 radical (unpaired) electrons. The quantitative estimate of drug-likeness (QED) is 0.450. The Morgan fingerprint density at radius 1 is 1.38 bits per heavy atom. The number of nitrogens with zero attached hydrogens (tertiary/aromatic N) is 1. The second kappa shape index (κ2) is 6.90. The van der Waals surface area contributed by atoms with Gasteiger partial charge in [-0.15, -0.1) is 0 Å². The molecule has 0 aromatic carbocycles. The highest BCUT2D eigenvalue weighted by Gasteiger charge is 2.47. The van der Waals surface area contributed by atoms with Gasteiger partial charge >= 0.3 is 11.9 Å². The van der Waals surface area contributed by atoms with Gasteiger partial charge in [-0.1, -0.05) is 6.42 Å². The fourth-order valence-electron chi connectivity index (χ4n) is 2.31. The molecule has 0 N–H and O–H groups in total. The minimum absolute atomic E-state index is 0.120. The SMILES string of the molecule is CCOC(=O)C1(C#N)CCCC(C(=O)OOC(C)(C)C)C1. The summed E-state index contributed by atoms with van der Waals surface area (Å²) in [5.41, 5.74) is -1.85. The predicted molar refractivity (Wildman–Crippen MR) is 73.6 cm³/mol. The van der Waals surface area contributed by atoms with E-state index in [1.807, 2.05) is 6.07 Å². The van der Waals surface area contributed by atoms with E-state index < -0.39 is 28.9 Å². The van der Waals surface area contributed by atoms with Crippen molar-refractivity contribution in [1.82, 2.24) is 0 Å². The first-order valence-electron chi connectivity index (χ1n) is 7.22. The average Bonchev–Trinajstić information content (AvgIpc) is 2.44. The van der Waals surface area contributed by atoms with Crippen molar-refractivity contribution in [3.8, 4) is 6.07 Å². The Balaban J connectivity index is 2.72. The number of ether oxygens (including phenoxy) is 1. The summed E-state index contributed by atoms with van der Waals surface area (Å²) in [5.74, 6) is -1.61. The van der Waals surface area contributed by atoms with Gasteiger partial charge in [-0.3, -0.25) is 9.68 Å². The molecule has 0 aromatic heterocycles. The lowest BCUT2D eigenvalue weighted by atomic mass is 9.70. The van der Waals surface area contributed by atoms with Crippen LogP contribution in [0.5, 0.6) is 0 Å². The zero-order chi connectivity index (χ0) is 16.1. The fraction of sp³-hybridized carbons (Fsp3) is 0.800. The first-order chi connectivity index (χ1) is 9.74. The molecule has 0 amide bonds. The van der Waals surface area contributed by atoms with Crippen LogP contribution in [0.3, 0.4) is 0 Å². The third-order valence-electron chi connectivity index (χ3n) is 3.34. The third-order valence-corrected chi connectivity index (χ3v) is 3.34. The van der Waals surface area contributed by atoms with Crippen molar-refractivity contribution < 1.29 is 24.1 Å². The Hall–Kier alpha value is -1.61. The van der Waals surface area contributed by atoms with Crippen LogP contribution in [0.2, 0.25) is 0 Å². The molecule has 1 aliphatic carbocycles. The van der Waals surface area contributed by atoms with Crippen LogP contribution in [0.4, 0.5) is 0 Å². The van der Waals surface area contributed by atoms with Crippen LogP contribution in [0.25, 0.3) is 0 Å². The molecule has 21 heavy (non-hydrogen) atoms. The third kappa shape index (κ3) is 4.71. The molecule has 6 heteroatoms. The second-order valence-electron chi connectivity index (χ2n) is 6.31. The van der Waals surface area contributed by atoms with E-state index in [4.69, 9.17) is 14.5 Å². The highest BCUT2D eigenvalue weighted by molar-refractivity contribution is 5.82. The molecule has 0 aliphatic heterocycles. The van der Waals surface area contributed by atoms with E-state index in [1.165, 1.54) is 0 Å². The van der Waals surface area contributed by atoms with Gasteiger partial charge in [0.15, 0.2) is 5.41 Å². The molecule has 0 saturated heterocycles. The lowest BCUT2D eigenvalue weighted by Crippen LogP contribution is -2.39. The molecular formula is C15H23NO5. The highest BCUT2D eigenvalue weighted by atomic mass is 17.2. The van der Waals surface area contributed by atoms with Crippen LogP contribution in [0.1, 0.15) is 53.4 Å². The summed E-state index contributed by atoms with van der Waals surface area (Å²) in [6.07, 6.45) is 1.71. The maximum absolute atomic E-state index is 12.0. The highest BCUT2D eigenvalue weighted by Crippen LogP contribution is 2.40. The van der Waals surface area contributed by atoms with Gasteiger partial charge in [-0.05, 0) is 47.0 Å². The number of hydrogen-bond donors (Lipinski definition) is 0. The smallest absolute Gasteiger partial charge is 0.345 e. The Bertz CT molecular complexity index is 434. The topological polar surface area (TPSA) is 85.6 Å². The Morgan fingerprint density at radius 2 is 2.05 bits per heavy atom. The van der Waals surface area contributed by atoms with E-state index in [1.54, 1.807) is 27.7 Å². The lowest BCUT2D eigenvalue weighted by molar-refractivity contribution is -0.323. The van der Waals surface area contributed by atoms with Crippen LogP contribution >= 0.6 is 0 Å². The minimum atomic E-state index is -1.25. The molecule has 0 bridgehead atoms. The van der Waals surface area contributed by atoms with Gasteiger partial charge in [0.05, 0.1) is 18.6 Å². The van der Waals surface area contributed by atoms with E-state index in [9.17, 15) is 14.9 Å². The van der Waals surface area contributed by atoms with E-state index in [0.717, 1.165) is 0 Å². The molecule has 0 aromatic rings. The summed E-state index contributed by atoms with van der Waals surface area (Å²) in [5, 5.41) is 9.36. The normalized spacial score (nSPS) is 25.8. The van der Waals surface area contributed by atoms with Gasteiger partial charge in [0, 0.05) is 0 Å². The summed E-state index contributed by atoms with van der Waals surface area (Å²) in [6, 6.07) is 2.04. The molecule has 118 valence electrons. The molecular weight excluding hydrogens is 274 g/mol. The van der Waals surface area contributed by atoms with Gasteiger partial charge < -0.3 is 4.74 Å². The summed E-state index contributed by atoms with van der Waals surface area (Å²) >= 11 is 0. The predicted octanol–water partition coefficient (Wildman–Crippen LogP) is 2.52. The van der Waals surface area contributed by atoms with Crippen molar-refractivity contribution >= 4 is 11.9 Å². The monoisotopic (exact) mass is 297 g/mol. The van der Waals surface area contributed by atoms with Crippen LogP contribution in [0, 0.1) is 22.7 Å². The van der Waals surface area contributed by atoms with Crippen LogP contribution in [-0.4, -0.2) is 24.1 Å². The van der Waals surface area contributed by atoms with Gasteiger partial charge in [0.2, 0.25) is 0 Å². The Morgan fingerprint density at radius 3 is 2.57 bits per heavy atom. The number of nitriles is 1. The number of carbonyl (C=O) groups excluding carboxylic acids is 2. The van der Waals surface area contributed by atoms with E-state index in [2.05, 4.69) is 0 Å². The summed E-state index contributed by atoms with van der Waals surface area (Å²) < 4.78 is 4.97. The van der Waals surface area contributed by atoms with Gasteiger partial charge in [0.25, 0.3) is 0 Å². The van der Waals surface area contributed by atoms with Crippen molar-refractivity contribution in [1.29, 1.82) is 5.26 Å². The van der Waals surface area contributed by atoms with Crippen LogP contribution in [0.15, 0.2) is 0 Å². The number of carbonyl (C=O) groups is 2. The van der Waals surface area contributed by atoms with Gasteiger partial charge in [0.1, 0.15) is 5.60 Å². The van der Waals surface area contributed by atoms with Crippen molar-refractivity contribution in [3.63, 3.8) is 0 Å². The van der Waals surface area contributed by atoms with Crippen LogP contribution in [-0.2, 0) is 24.1 Å². The summed E-state index contributed by atoms with van der Waals surface area (Å²) in [7, 11) is 0. The van der Waals surface area contributed by atoms with Crippen molar-refractivity contribution in [2.75, 3.05) is 6.61 Å². The molecule has 1 saturated carbocycles. The van der Waals surface area contributed by atoms with Crippen molar-refractivity contribution in [2.24, 2.45) is 11.3 Å². The van der Waals surface area contributed by atoms with Crippen molar-refractivity contribution in [3.05, 3.63) is 0 Å². The Kier molecular flexibility index (Phi) is 5.73. The van der Waals surface area contributed by atoms with Crippen molar-refractivity contribution in [2.45, 2.75) is 59.0 Å². The average molecular weight is 297 g/mol. The van der Waals surface area contributed by atoms with E-state index in [-0.39, 0.29) is 13.0 Å². The first-order valence-corrected chi connectivity index (χ1v) is 7.22. The summed E-state index contributed by atoms with van der Waals surface area (Å²) in [6.45, 7) is 7.19. The molecule has 6 nitrogen and oxygen atoms in total. The van der Waals surface area contributed by atoms with Crippen LogP contribution < -0.4 is 0 Å². The molecule has 1 aliphatic rings. The maximum atomic E-state index is 12.0. The standard InChI is InChI=1S/C15H23NO5/c1-5-19-13(18)15(10-16)8-6-7-11(9-15)12(17)20-21-14(2,3)4/h11H,5-9H2,1-4H3. The minimum Gasteiger partial charge on any atom is -0.465 e. The first kappa shape index (κ1) is 17.4. The Labute approximate surface area is 125 Å². The zero-order valence-electron chi connectivity index (χ0n) is 13.1. The largest absolute Gasteiger partial charge is 0.465 e. The number of hydrogen-bond acceptors (Lipinski definition) is 6. The van der Waals surface area contributed by atoms with E-state index >= 15 is 0 Å². The second-order valence-corrected chi connectivity index (χ2v) is 6.31. The van der Waals surface area contributed by atoms with Gasteiger partial charge in [-0.25, -0.2) is 4.79 Å². The molecule has 2 atom stereocenters. The lowest BCUT2D eigenvalue weighted by Gasteiger charge is -2.32. The summed E-state index contributed by atoms with van der Waals surface area (Å²) in [4.78, 5) is 33.9. The number of esters is 1. The number of rotatable bonds is 4. The molecule has 0 heterocycles. The molecule has 1 fully saturated rings. The van der Waals surface area contributed by atoms with Gasteiger partial charge in [-0.2, -0.15) is 10.1 Å². The molecule has 1 rings (SSSR count). The molecule has 2 unspecified atom stereocenters. The molecule has 0 spiro atoms. The fourth-order valence-corrected chi connectivity index (χ4v) is 2.31. The van der Waals surface area contributed by atoms with E-state index in [0.29, 0.717) is 19.3 Å². The maximum Gasteiger partial charge on any atom is 0.345 e. The zero-order valence-corrected chi connectivity index (χ0v) is 13.1.